The standard InChI is InChI=1S/C17H27N3O/c1-3-21-16-9-5-4-7-14(16)12-20-10-6-8-15(20)17-13(2)11-18-19-17/h4-5,7,9,13,15,17-19H,3,6,8,10-12H2,1-2H3. The van der Waals surface area contributed by atoms with Crippen LogP contribution in [0.2, 0.25) is 0 Å². The van der Waals surface area contributed by atoms with Crippen molar-refractivity contribution < 1.29 is 4.74 Å². The van der Waals surface area contributed by atoms with Gasteiger partial charge in [0, 0.05) is 30.7 Å². The third-order valence-electron chi connectivity index (χ3n) is 4.78. The van der Waals surface area contributed by atoms with Crippen LogP contribution in [0.25, 0.3) is 0 Å². The van der Waals surface area contributed by atoms with Crippen LogP contribution in [-0.4, -0.2) is 36.7 Å². The molecule has 0 amide bonds. The maximum Gasteiger partial charge on any atom is 0.123 e. The number of likely N-dealkylation sites (tertiary alicyclic amines) is 1. The van der Waals surface area contributed by atoms with Crippen LogP contribution in [0.5, 0.6) is 5.75 Å². The van der Waals surface area contributed by atoms with Crippen LogP contribution >= 0.6 is 0 Å². The van der Waals surface area contributed by atoms with E-state index in [-0.39, 0.29) is 0 Å². The fraction of sp³-hybridized carbons (Fsp3) is 0.647. The Kier molecular flexibility index (Phi) is 4.78. The number of hydrogen-bond donors (Lipinski definition) is 2. The SMILES string of the molecule is CCOc1ccccc1CN1CCCC1C1NNCC1C. The molecule has 2 heterocycles. The fourth-order valence-corrected chi connectivity index (χ4v) is 3.69. The predicted molar refractivity (Wildman–Crippen MR) is 85.1 cm³/mol. The van der Waals surface area contributed by atoms with E-state index in [0.717, 1.165) is 25.4 Å². The molecule has 4 heteroatoms. The highest BCUT2D eigenvalue weighted by Crippen LogP contribution is 2.29. The topological polar surface area (TPSA) is 36.5 Å². The third kappa shape index (κ3) is 3.23. The molecule has 0 aliphatic carbocycles. The Morgan fingerprint density at radius 2 is 2.19 bits per heavy atom. The van der Waals surface area contributed by atoms with Crippen molar-refractivity contribution in [1.82, 2.24) is 15.8 Å². The van der Waals surface area contributed by atoms with Gasteiger partial charge in [0.1, 0.15) is 5.75 Å². The van der Waals surface area contributed by atoms with Gasteiger partial charge >= 0.3 is 0 Å². The van der Waals surface area contributed by atoms with E-state index in [1.165, 1.54) is 24.9 Å². The first-order valence-electron chi connectivity index (χ1n) is 8.22. The monoisotopic (exact) mass is 289 g/mol. The smallest absolute Gasteiger partial charge is 0.123 e. The molecule has 2 fully saturated rings. The number of para-hydroxylation sites is 1. The first-order valence-corrected chi connectivity index (χ1v) is 8.22. The minimum atomic E-state index is 0.562. The van der Waals surface area contributed by atoms with E-state index in [9.17, 15) is 0 Å². The van der Waals surface area contributed by atoms with Crippen LogP contribution < -0.4 is 15.6 Å². The lowest BCUT2D eigenvalue weighted by Crippen LogP contribution is -2.47. The number of hydrogen-bond acceptors (Lipinski definition) is 4. The van der Waals surface area contributed by atoms with Crippen LogP contribution in [0, 0.1) is 5.92 Å². The molecule has 3 atom stereocenters. The maximum atomic E-state index is 5.77. The summed E-state index contributed by atoms with van der Waals surface area (Å²) in [5.74, 6) is 1.73. The van der Waals surface area contributed by atoms with Gasteiger partial charge in [0.15, 0.2) is 0 Å². The Balaban J connectivity index is 1.71. The normalized spacial score (nSPS) is 29.9. The first-order chi connectivity index (χ1) is 10.3. The maximum absolute atomic E-state index is 5.77. The highest BCUT2D eigenvalue weighted by molar-refractivity contribution is 5.33. The van der Waals surface area contributed by atoms with E-state index in [2.05, 4.69) is 46.9 Å². The summed E-state index contributed by atoms with van der Waals surface area (Å²) in [7, 11) is 0. The third-order valence-corrected chi connectivity index (χ3v) is 4.78. The quantitative estimate of drug-likeness (QED) is 0.871. The number of rotatable bonds is 5. The Hall–Kier alpha value is -1.10. The molecule has 1 aromatic carbocycles. The molecule has 4 nitrogen and oxygen atoms in total. The van der Waals surface area contributed by atoms with E-state index in [1.807, 2.05) is 6.92 Å². The van der Waals surface area contributed by atoms with Crippen molar-refractivity contribution >= 4 is 0 Å². The average molecular weight is 289 g/mol. The van der Waals surface area contributed by atoms with Gasteiger partial charge in [-0.05, 0) is 38.3 Å². The highest BCUT2D eigenvalue weighted by Gasteiger charge is 2.37. The van der Waals surface area contributed by atoms with Crippen molar-refractivity contribution in [1.29, 1.82) is 0 Å². The number of hydrazine groups is 1. The molecule has 0 aromatic heterocycles. The minimum absolute atomic E-state index is 0.562. The lowest BCUT2D eigenvalue weighted by atomic mass is 9.95. The zero-order valence-corrected chi connectivity index (χ0v) is 13.1. The van der Waals surface area contributed by atoms with Crippen molar-refractivity contribution in [2.24, 2.45) is 5.92 Å². The zero-order chi connectivity index (χ0) is 14.7. The van der Waals surface area contributed by atoms with Crippen molar-refractivity contribution in [2.75, 3.05) is 19.7 Å². The molecule has 0 bridgehead atoms. The molecular formula is C17H27N3O. The average Bonchev–Trinajstić information content (AvgIpc) is 3.10. The number of nitrogens with zero attached hydrogens (tertiary/aromatic N) is 1. The molecule has 0 radical (unpaired) electrons. The van der Waals surface area contributed by atoms with Crippen molar-refractivity contribution in [2.45, 2.75) is 45.3 Å². The lowest BCUT2D eigenvalue weighted by Gasteiger charge is -2.31. The van der Waals surface area contributed by atoms with Crippen LogP contribution in [0.3, 0.4) is 0 Å². The Morgan fingerprint density at radius 1 is 1.33 bits per heavy atom. The van der Waals surface area contributed by atoms with Gasteiger partial charge in [-0.3, -0.25) is 15.8 Å². The van der Waals surface area contributed by atoms with E-state index in [1.54, 1.807) is 0 Å². The molecule has 3 unspecified atom stereocenters. The number of ether oxygens (including phenoxy) is 1. The molecule has 21 heavy (non-hydrogen) atoms. The molecule has 2 aliphatic heterocycles. The van der Waals surface area contributed by atoms with E-state index in [4.69, 9.17) is 4.74 Å². The Labute approximate surface area is 127 Å². The van der Waals surface area contributed by atoms with E-state index < -0.39 is 0 Å². The summed E-state index contributed by atoms with van der Waals surface area (Å²) in [6, 6.07) is 9.64. The molecule has 2 N–H and O–H groups in total. The second-order valence-electron chi connectivity index (χ2n) is 6.25. The summed E-state index contributed by atoms with van der Waals surface area (Å²) in [6.07, 6.45) is 2.59. The first kappa shape index (κ1) is 14.8. The highest BCUT2D eigenvalue weighted by atomic mass is 16.5. The van der Waals surface area contributed by atoms with Crippen LogP contribution in [0.15, 0.2) is 24.3 Å². The van der Waals surface area contributed by atoms with E-state index in [0.29, 0.717) is 18.0 Å². The molecule has 2 saturated heterocycles. The van der Waals surface area contributed by atoms with Gasteiger partial charge in [0.25, 0.3) is 0 Å². The van der Waals surface area contributed by atoms with E-state index >= 15 is 0 Å². The molecule has 1 aromatic rings. The summed E-state index contributed by atoms with van der Waals surface area (Å²) < 4.78 is 5.77. The second-order valence-corrected chi connectivity index (χ2v) is 6.25. The molecule has 116 valence electrons. The van der Waals surface area contributed by atoms with Crippen molar-refractivity contribution in [3.63, 3.8) is 0 Å². The Morgan fingerprint density at radius 3 is 2.95 bits per heavy atom. The van der Waals surface area contributed by atoms with Gasteiger partial charge in [-0.25, -0.2) is 0 Å². The van der Waals surface area contributed by atoms with Crippen molar-refractivity contribution in [3.05, 3.63) is 29.8 Å². The molecular weight excluding hydrogens is 262 g/mol. The van der Waals surface area contributed by atoms with Gasteiger partial charge in [-0.2, -0.15) is 0 Å². The largest absolute Gasteiger partial charge is 0.494 e. The van der Waals surface area contributed by atoms with Gasteiger partial charge in [0.2, 0.25) is 0 Å². The number of benzene rings is 1. The summed E-state index contributed by atoms with van der Waals surface area (Å²) in [5.41, 5.74) is 8.10. The summed E-state index contributed by atoms with van der Waals surface area (Å²) in [6.45, 7) is 8.37. The zero-order valence-electron chi connectivity index (χ0n) is 13.1. The summed E-state index contributed by atoms with van der Waals surface area (Å²) in [5, 5.41) is 0. The second kappa shape index (κ2) is 6.77. The molecule has 0 saturated carbocycles. The molecule has 0 spiro atoms. The molecule has 3 rings (SSSR count). The minimum Gasteiger partial charge on any atom is -0.494 e. The number of nitrogens with one attached hydrogen (secondary N) is 2. The van der Waals surface area contributed by atoms with Gasteiger partial charge < -0.3 is 4.74 Å². The van der Waals surface area contributed by atoms with Gasteiger partial charge in [-0.1, -0.05) is 25.1 Å². The summed E-state index contributed by atoms with van der Waals surface area (Å²) >= 11 is 0. The van der Waals surface area contributed by atoms with Crippen molar-refractivity contribution in [3.8, 4) is 5.75 Å². The van der Waals surface area contributed by atoms with Crippen LogP contribution in [-0.2, 0) is 6.54 Å². The molecule has 2 aliphatic rings. The van der Waals surface area contributed by atoms with Gasteiger partial charge in [0.05, 0.1) is 6.61 Å². The predicted octanol–water partition coefficient (Wildman–Crippen LogP) is 2.16. The van der Waals surface area contributed by atoms with Gasteiger partial charge in [-0.15, -0.1) is 0 Å². The Bertz CT molecular complexity index is 465. The van der Waals surface area contributed by atoms with Crippen LogP contribution in [0.1, 0.15) is 32.3 Å². The summed E-state index contributed by atoms with van der Waals surface area (Å²) in [4.78, 5) is 2.62. The fourth-order valence-electron chi connectivity index (χ4n) is 3.69. The van der Waals surface area contributed by atoms with Crippen LogP contribution in [0.4, 0.5) is 0 Å². The lowest BCUT2D eigenvalue weighted by molar-refractivity contribution is 0.185.